The van der Waals surface area contributed by atoms with Gasteiger partial charge in [-0.05, 0) is 57.5 Å². The second-order valence-electron chi connectivity index (χ2n) is 7.44. The van der Waals surface area contributed by atoms with Crippen molar-refractivity contribution in [3.63, 3.8) is 0 Å². The van der Waals surface area contributed by atoms with E-state index in [-0.39, 0.29) is 0 Å². The normalized spacial score (nSPS) is 16.8. The van der Waals surface area contributed by atoms with E-state index < -0.39 is 0 Å². The third-order valence-corrected chi connectivity index (χ3v) is 5.26. The number of ether oxygens (including phenoxy) is 2. The molecule has 1 fully saturated rings. The van der Waals surface area contributed by atoms with Gasteiger partial charge in [-0.1, -0.05) is 23.4 Å². The summed E-state index contributed by atoms with van der Waals surface area (Å²) in [6.07, 6.45) is 7.61. The van der Waals surface area contributed by atoms with Gasteiger partial charge >= 0.3 is 0 Å². The number of para-hydroxylation sites is 1. The van der Waals surface area contributed by atoms with E-state index in [1.165, 1.54) is 12.8 Å². The van der Waals surface area contributed by atoms with Gasteiger partial charge in [-0.15, -0.1) is 0 Å². The van der Waals surface area contributed by atoms with Crippen molar-refractivity contribution in [1.29, 1.82) is 0 Å². The summed E-state index contributed by atoms with van der Waals surface area (Å²) in [5.74, 6) is 2.36. The second-order valence-corrected chi connectivity index (χ2v) is 7.44. The summed E-state index contributed by atoms with van der Waals surface area (Å²) in [7, 11) is 2.15. The molecule has 1 unspecified atom stereocenters. The molecular formula is C23H27N3O3. The Hall–Kier alpha value is -2.86. The van der Waals surface area contributed by atoms with Gasteiger partial charge in [0.25, 0.3) is 0 Å². The lowest BCUT2D eigenvalue weighted by Crippen LogP contribution is -2.30. The van der Waals surface area contributed by atoms with Crippen molar-refractivity contribution in [3.8, 4) is 22.8 Å². The van der Waals surface area contributed by atoms with Crippen molar-refractivity contribution < 1.29 is 14.0 Å². The maximum absolute atomic E-state index is 5.97. The van der Waals surface area contributed by atoms with Crippen molar-refractivity contribution in [2.24, 2.45) is 0 Å². The standard InChI is InChI=1S/C23H27N3O3/c1-26-11-5-8-20(26)17-28-22-13-18(15-24-16-22)23-14-19(25-29-23)7-6-12-27-21-9-3-2-4-10-21/h2-4,9-10,13-16,20H,5-8,11-12,17H2,1H3. The van der Waals surface area contributed by atoms with Crippen LogP contribution in [0.5, 0.6) is 11.5 Å². The quantitative estimate of drug-likeness (QED) is 0.507. The number of hydrogen-bond acceptors (Lipinski definition) is 6. The molecule has 0 radical (unpaired) electrons. The highest BCUT2D eigenvalue weighted by Crippen LogP contribution is 2.25. The SMILES string of the molecule is CN1CCCC1COc1cncc(-c2cc(CCCOc3ccccc3)no2)c1. The summed E-state index contributed by atoms with van der Waals surface area (Å²) >= 11 is 0. The van der Waals surface area contributed by atoms with Crippen LogP contribution in [0.4, 0.5) is 0 Å². The first-order chi connectivity index (χ1) is 14.3. The van der Waals surface area contributed by atoms with Gasteiger partial charge in [0.2, 0.25) is 0 Å². The van der Waals surface area contributed by atoms with E-state index in [2.05, 4.69) is 22.1 Å². The van der Waals surface area contributed by atoms with E-state index >= 15 is 0 Å². The fourth-order valence-electron chi connectivity index (χ4n) is 3.54. The van der Waals surface area contributed by atoms with Crippen LogP contribution in [0.2, 0.25) is 0 Å². The Labute approximate surface area is 171 Å². The maximum atomic E-state index is 5.97. The first kappa shape index (κ1) is 19.5. The number of aromatic nitrogens is 2. The van der Waals surface area contributed by atoms with Crippen molar-refractivity contribution in [1.82, 2.24) is 15.0 Å². The highest BCUT2D eigenvalue weighted by atomic mass is 16.5. The van der Waals surface area contributed by atoms with Crippen molar-refractivity contribution in [2.75, 3.05) is 26.8 Å². The van der Waals surface area contributed by atoms with Gasteiger partial charge in [-0.3, -0.25) is 4.98 Å². The Morgan fingerprint density at radius 2 is 2.00 bits per heavy atom. The minimum absolute atomic E-state index is 0.480. The number of benzene rings is 1. The highest BCUT2D eigenvalue weighted by molar-refractivity contribution is 5.58. The summed E-state index contributed by atoms with van der Waals surface area (Å²) in [5, 5.41) is 4.18. The summed E-state index contributed by atoms with van der Waals surface area (Å²) in [6.45, 7) is 2.47. The van der Waals surface area contributed by atoms with Crippen LogP contribution in [0, 0.1) is 0 Å². The summed E-state index contributed by atoms with van der Waals surface area (Å²) in [5.41, 5.74) is 1.79. The topological polar surface area (TPSA) is 60.6 Å². The van der Waals surface area contributed by atoms with Gasteiger partial charge in [0.1, 0.15) is 18.1 Å². The molecule has 0 spiro atoms. The predicted octanol–water partition coefficient (Wildman–Crippen LogP) is 4.22. The van der Waals surface area contributed by atoms with E-state index in [0.717, 1.165) is 42.1 Å². The predicted molar refractivity (Wildman–Crippen MR) is 111 cm³/mol. The molecule has 1 aliphatic rings. The lowest BCUT2D eigenvalue weighted by Gasteiger charge is -2.19. The van der Waals surface area contributed by atoms with Crippen molar-refractivity contribution in [2.45, 2.75) is 31.7 Å². The molecule has 29 heavy (non-hydrogen) atoms. The molecule has 1 aliphatic heterocycles. The van der Waals surface area contributed by atoms with Crippen LogP contribution in [0.1, 0.15) is 25.0 Å². The van der Waals surface area contributed by atoms with Gasteiger partial charge in [0.05, 0.1) is 18.5 Å². The van der Waals surface area contributed by atoms with Crippen LogP contribution in [0.3, 0.4) is 0 Å². The molecule has 0 saturated carbocycles. The molecular weight excluding hydrogens is 366 g/mol. The van der Waals surface area contributed by atoms with E-state index in [1.807, 2.05) is 42.5 Å². The first-order valence-corrected chi connectivity index (χ1v) is 10.2. The average molecular weight is 393 g/mol. The Balaban J connectivity index is 1.28. The second kappa shape index (κ2) is 9.56. The first-order valence-electron chi connectivity index (χ1n) is 10.2. The van der Waals surface area contributed by atoms with E-state index in [9.17, 15) is 0 Å². The van der Waals surface area contributed by atoms with Crippen LogP contribution in [-0.2, 0) is 6.42 Å². The van der Waals surface area contributed by atoms with Crippen LogP contribution >= 0.6 is 0 Å². The van der Waals surface area contributed by atoms with Gasteiger partial charge < -0.3 is 18.9 Å². The number of rotatable bonds is 9. The summed E-state index contributed by atoms with van der Waals surface area (Å²) in [6, 6.07) is 14.2. The van der Waals surface area contributed by atoms with Gasteiger partial charge in [-0.25, -0.2) is 0 Å². The van der Waals surface area contributed by atoms with Gasteiger partial charge in [0, 0.05) is 23.9 Å². The molecule has 1 atom stereocenters. The monoisotopic (exact) mass is 393 g/mol. The zero-order valence-corrected chi connectivity index (χ0v) is 16.8. The highest BCUT2D eigenvalue weighted by Gasteiger charge is 2.21. The molecule has 0 aliphatic carbocycles. The Morgan fingerprint density at radius 3 is 2.83 bits per heavy atom. The van der Waals surface area contributed by atoms with Gasteiger partial charge in [-0.2, -0.15) is 0 Å². The number of nitrogens with zero attached hydrogens (tertiary/aromatic N) is 3. The molecule has 0 N–H and O–H groups in total. The molecule has 4 rings (SSSR count). The lowest BCUT2D eigenvalue weighted by atomic mass is 10.2. The van der Waals surface area contributed by atoms with Crippen LogP contribution in [0.25, 0.3) is 11.3 Å². The Bertz CT molecular complexity index is 897. The average Bonchev–Trinajstić information content (AvgIpc) is 3.40. The lowest BCUT2D eigenvalue weighted by molar-refractivity contribution is 0.198. The number of aryl methyl sites for hydroxylation is 1. The van der Waals surface area contributed by atoms with Gasteiger partial charge in [0.15, 0.2) is 5.76 Å². The number of likely N-dealkylation sites (tertiary alicyclic amines) is 1. The number of pyridine rings is 1. The van der Waals surface area contributed by atoms with Crippen LogP contribution < -0.4 is 9.47 Å². The third kappa shape index (κ3) is 5.35. The maximum Gasteiger partial charge on any atom is 0.168 e. The van der Waals surface area contributed by atoms with Crippen LogP contribution in [0.15, 0.2) is 59.4 Å². The minimum Gasteiger partial charge on any atom is -0.494 e. The minimum atomic E-state index is 0.480. The molecule has 0 amide bonds. The summed E-state index contributed by atoms with van der Waals surface area (Å²) in [4.78, 5) is 6.65. The van der Waals surface area contributed by atoms with Crippen molar-refractivity contribution in [3.05, 3.63) is 60.6 Å². The third-order valence-electron chi connectivity index (χ3n) is 5.26. The molecule has 152 valence electrons. The Morgan fingerprint density at radius 1 is 1.10 bits per heavy atom. The molecule has 0 bridgehead atoms. The zero-order valence-electron chi connectivity index (χ0n) is 16.8. The smallest absolute Gasteiger partial charge is 0.168 e. The van der Waals surface area contributed by atoms with E-state index in [4.69, 9.17) is 14.0 Å². The van der Waals surface area contributed by atoms with E-state index in [0.29, 0.717) is 25.0 Å². The zero-order chi connectivity index (χ0) is 19.9. The fourth-order valence-corrected chi connectivity index (χ4v) is 3.54. The number of likely N-dealkylation sites (N-methyl/N-ethyl adjacent to an activating group) is 1. The van der Waals surface area contributed by atoms with Crippen molar-refractivity contribution >= 4 is 0 Å². The fraction of sp³-hybridized carbons (Fsp3) is 0.391. The largest absolute Gasteiger partial charge is 0.494 e. The molecule has 1 aromatic carbocycles. The molecule has 1 saturated heterocycles. The molecule has 6 heteroatoms. The molecule has 2 aromatic heterocycles. The molecule has 3 heterocycles. The van der Waals surface area contributed by atoms with E-state index in [1.54, 1.807) is 12.4 Å². The Kier molecular flexibility index (Phi) is 6.42. The molecule has 6 nitrogen and oxygen atoms in total. The van der Waals surface area contributed by atoms with Crippen LogP contribution in [-0.4, -0.2) is 47.9 Å². The molecule has 3 aromatic rings. The summed E-state index contributed by atoms with van der Waals surface area (Å²) < 4.78 is 17.2. The number of hydrogen-bond donors (Lipinski definition) is 0.